The van der Waals surface area contributed by atoms with Crippen LogP contribution in [0.15, 0.2) is 53.0 Å². The topological polar surface area (TPSA) is 21.3 Å². The van der Waals surface area contributed by atoms with Crippen molar-refractivity contribution in [2.45, 2.75) is 39.6 Å². The molecule has 112 valence electrons. The smallest absolute Gasteiger partial charge is 0.0721 e. The van der Waals surface area contributed by atoms with Gasteiger partial charge < -0.3 is 10.1 Å². The number of hydrogen-bond acceptors (Lipinski definition) is 2. The molecule has 0 fully saturated rings. The zero-order valence-electron chi connectivity index (χ0n) is 12.6. The first-order chi connectivity index (χ1) is 10.1. The summed E-state index contributed by atoms with van der Waals surface area (Å²) in [6, 6.07) is 17.3. The first-order valence-corrected chi connectivity index (χ1v) is 8.06. The van der Waals surface area contributed by atoms with Crippen LogP contribution in [0.5, 0.6) is 0 Å². The van der Waals surface area contributed by atoms with Crippen molar-refractivity contribution in [3.05, 3.63) is 69.7 Å². The van der Waals surface area contributed by atoms with Gasteiger partial charge in [-0.3, -0.25) is 0 Å². The Morgan fingerprint density at radius 2 is 1.33 bits per heavy atom. The Morgan fingerprint density at radius 1 is 0.857 bits per heavy atom. The Kier molecular flexibility index (Phi) is 6.43. The van der Waals surface area contributed by atoms with Crippen molar-refractivity contribution in [2.75, 3.05) is 0 Å². The van der Waals surface area contributed by atoms with E-state index >= 15 is 0 Å². The lowest BCUT2D eigenvalue weighted by atomic mass is 10.1. The van der Waals surface area contributed by atoms with Crippen molar-refractivity contribution in [3.63, 3.8) is 0 Å². The second-order valence-electron chi connectivity index (χ2n) is 5.47. The van der Waals surface area contributed by atoms with E-state index in [0.29, 0.717) is 19.3 Å². The summed E-state index contributed by atoms with van der Waals surface area (Å²) >= 11 is 3.43. The van der Waals surface area contributed by atoms with Gasteiger partial charge in [-0.2, -0.15) is 0 Å². The second-order valence-corrected chi connectivity index (χ2v) is 6.39. The third kappa shape index (κ3) is 6.00. The van der Waals surface area contributed by atoms with E-state index in [0.717, 1.165) is 11.0 Å². The molecule has 0 spiro atoms. The maximum atomic E-state index is 5.75. The molecule has 2 aromatic rings. The van der Waals surface area contributed by atoms with Crippen LogP contribution in [0.25, 0.3) is 0 Å². The fourth-order valence-electron chi connectivity index (χ4n) is 1.94. The van der Waals surface area contributed by atoms with E-state index in [-0.39, 0.29) is 0 Å². The largest absolute Gasteiger partial charge is 0.372 e. The number of halogens is 1. The van der Waals surface area contributed by atoms with Gasteiger partial charge in [-0.15, -0.1) is 0 Å². The fraction of sp³-hybridized carbons (Fsp3) is 0.333. The standard InChI is InChI=1S/C18H22BrNO/c1-14(2)20-11-15-3-5-16(6-4-15)12-21-13-17-7-9-18(19)10-8-17/h3-10,14,20H,11-13H2,1-2H3. The molecule has 0 amide bonds. The molecule has 0 saturated carbocycles. The molecule has 0 atom stereocenters. The molecule has 1 N–H and O–H groups in total. The van der Waals surface area contributed by atoms with Gasteiger partial charge in [0.25, 0.3) is 0 Å². The second kappa shape index (κ2) is 8.32. The molecule has 2 rings (SSSR count). The summed E-state index contributed by atoms with van der Waals surface area (Å²) in [7, 11) is 0. The normalized spacial score (nSPS) is 11.0. The van der Waals surface area contributed by atoms with E-state index in [4.69, 9.17) is 4.74 Å². The van der Waals surface area contributed by atoms with Crippen LogP contribution in [0.4, 0.5) is 0 Å². The summed E-state index contributed by atoms with van der Waals surface area (Å²) in [5.41, 5.74) is 3.71. The fourth-order valence-corrected chi connectivity index (χ4v) is 2.21. The number of hydrogen-bond donors (Lipinski definition) is 1. The van der Waals surface area contributed by atoms with Gasteiger partial charge in [0.2, 0.25) is 0 Å². The predicted octanol–water partition coefficient (Wildman–Crippen LogP) is 4.66. The van der Waals surface area contributed by atoms with Gasteiger partial charge in [0.05, 0.1) is 13.2 Å². The molecule has 0 aliphatic rings. The summed E-state index contributed by atoms with van der Waals surface area (Å²) in [6.45, 7) is 6.52. The molecular weight excluding hydrogens is 326 g/mol. The highest BCUT2D eigenvalue weighted by atomic mass is 79.9. The molecule has 0 aliphatic heterocycles. The minimum absolute atomic E-state index is 0.513. The molecule has 0 bridgehead atoms. The van der Waals surface area contributed by atoms with Gasteiger partial charge in [0, 0.05) is 17.1 Å². The first-order valence-electron chi connectivity index (χ1n) is 7.27. The molecule has 2 nitrogen and oxygen atoms in total. The lowest BCUT2D eigenvalue weighted by molar-refractivity contribution is 0.107. The van der Waals surface area contributed by atoms with Crippen LogP contribution in [0.1, 0.15) is 30.5 Å². The minimum atomic E-state index is 0.513. The molecule has 0 saturated heterocycles. The van der Waals surface area contributed by atoms with Crippen molar-refractivity contribution in [1.82, 2.24) is 5.32 Å². The van der Waals surface area contributed by atoms with E-state index in [1.807, 2.05) is 12.1 Å². The van der Waals surface area contributed by atoms with Crippen LogP contribution < -0.4 is 5.32 Å². The van der Waals surface area contributed by atoms with Crippen molar-refractivity contribution in [1.29, 1.82) is 0 Å². The Balaban J connectivity index is 1.77. The van der Waals surface area contributed by atoms with E-state index in [9.17, 15) is 0 Å². The van der Waals surface area contributed by atoms with Gasteiger partial charge in [-0.1, -0.05) is 66.2 Å². The van der Waals surface area contributed by atoms with Gasteiger partial charge in [0.1, 0.15) is 0 Å². The van der Waals surface area contributed by atoms with Crippen LogP contribution in [0.3, 0.4) is 0 Å². The summed E-state index contributed by atoms with van der Waals surface area (Å²) < 4.78 is 6.85. The maximum absolute atomic E-state index is 5.75. The van der Waals surface area contributed by atoms with E-state index < -0.39 is 0 Å². The molecule has 0 aromatic heterocycles. The summed E-state index contributed by atoms with van der Waals surface area (Å²) in [5, 5.41) is 3.42. The Bertz CT molecular complexity index is 534. The van der Waals surface area contributed by atoms with Gasteiger partial charge >= 0.3 is 0 Å². The lowest BCUT2D eigenvalue weighted by Gasteiger charge is -2.09. The number of rotatable bonds is 7. The quantitative estimate of drug-likeness (QED) is 0.786. The van der Waals surface area contributed by atoms with E-state index in [2.05, 4.69) is 71.5 Å². The maximum Gasteiger partial charge on any atom is 0.0721 e. The van der Waals surface area contributed by atoms with Crippen molar-refractivity contribution in [2.24, 2.45) is 0 Å². The van der Waals surface area contributed by atoms with Gasteiger partial charge in [-0.05, 0) is 28.8 Å². The average molecular weight is 348 g/mol. The third-order valence-corrected chi connectivity index (χ3v) is 3.72. The number of nitrogens with one attached hydrogen (secondary N) is 1. The van der Waals surface area contributed by atoms with Crippen molar-refractivity contribution >= 4 is 15.9 Å². The highest BCUT2D eigenvalue weighted by molar-refractivity contribution is 9.10. The molecule has 0 aliphatic carbocycles. The predicted molar refractivity (Wildman–Crippen MR) is 91.1 cm³/mol. The molecule has 0 unspecified atom stereocenters. The Labute approximate surface area is 135 Å². The van der Waals surface area contributed by atoms with Crippen LogP contribution in [-0.2, 0) is 24.5 Å². The van der Waals surface area contributed by atoms with Crippen LogP contribution in [-0.4, -0.2) is 6.04 Å². The summed E-state index contributed by atoms with van der Waals surface area (Å²) in [4.78, 5) is 0. The molecule has 0 radical (unpaired) electrons. The molecular formula is C18H22BrNO. The molecule has 2 aromatic carbocycles. The SMILES string of the molecule is CC(C)NCc1ccc(COCc2ccc(Br)cc2)cc1. The molecule has 0 heterocycles. The zero-order valence-corrected chi connectivity index (χ0v) is 14.2. The van der Waals surface area contributed by atoms with E-state index in [1.165, 1.54) is 16.7 Å². The Morgan fingerprint density at radius 3 is 1.86 bits per heavy atom. The van der Waals surface area contributed by atoms with Crippen molar-refractivity contribution in [3.8, 4) is 0 Å². The number of benzene rings is 2. The van der Waals surface area contributed by atoms with Crippen LogP contribution in [0, 0.1) is 0 Å². The highest BCUT2D eigenvalue weighted by Crippen LogP contribution is 2.12. The van der Waals surface area contributed by atoms with E-state index in [1.54, 1.807) is 0 Å². The lowest BCUT2D eigenvalue weighted by Crippen LogP contribution is -2.21. The Hall–Kier alpha value is -1.16. The number of ether oxygens (including phenoxy) is 1. The van der Waals surface area contributed by atoms with Crippen LogP contribution in [0.2, 0.25) is 0 Å². The monoisotopic (exact) mass is 347 g/mol. The van der Waals surface area contributed by atoms with Crippen LogP contribution >= 0.6 is 15.9 Å². The van der Waals surface area contributed by atoms with Crippen molar-refractivity contribution < 1.29 is 4.74 Å². The first kappa shape index (κ1) is 16.2. The minimum Gasteiger partial charge on any atom is -0.372 e. The van der Waals surface area contributed by atoms with Gasteiger partial charge in [-0.25, -0.2) is 0 Å². The third-order valence-electron chi connectivity index (χ3n) is 3.19. The van der Waals surface area contributed by atoms with Gasteiger partial charge in [0.15, 0.2) is 0 Å². The molecule has 21 heavy (non-hydrogen) atoms. The summed E-state index contributed by atoms with van der Waals surface area (Å²) in [6.07, 6.45) is 0. The summed E-state index contributed by atoms with van der Waals surface area (Å²) in [5.74, 6) is 0. The molecule has 3 heteroatoms. The average Bonchev–Trinajstić information content (AvgIpc) is 2.48. The highest BCUT2D eigenvalue weighted by Gasteiger charge is 1.98. The zero-order chi connectivity index (χ0) is 15.1.